The Morgan fingerprint density at radius 1 is 0.812 bits per heavy atom. The predicted octanol–water partition coefficient (Wildman–Crippen LogP) is 6.36. The first-order chi connectivity index (χ1) is 15.7. The van der Waals surface area contributed by atoms with Gasteiger partial charge in [-0.2, -0.15) is 0 Å². The number of aromatic nitrogens is 1. The van der Waals surface area contributed by atoms with E-state index < -0.39 is 0 Å². The van der Waals surface area contributed by atoms with Gasteiger partial charge in [-0.25, -0.2) is 0 Å². The zero-order valence-electron chi connectivity index (χ0n) is 17.8. The van der Waals surface area contributed by atoms with Gasteiger partial charge >= 0.3 is 0 Å². The van der Waals surface area contributed by atoms with Gasteiger partial charge in [0.1, 0.15) is 23.0 Å². The molecule has 0 spiro atoms. The van der Waals surface area contributed by atoms with Crippen LogP contribution in [-0.2, 0) is 11.3 Å². The predicted molar refractivity (Wildman–Crippen MR) is 125 cm³/mol. The molecule has 0 unspecified atom stereocenters. The molecule has 1 heterocycles. The highest BCUT2D eigenvalue weighted by molar-refractivity contribution is 5.75. The molecule has 160 valence electrons. The molecular weight excluding hydrogens is 400 g/mol. The van der Waals surface area contributed by atoms with E-state index in [-0.39, 0.29) is 5.91 Å². The number of nitrogens with one attached hydrogen (secondary N) is 1. The molecule has 3 aromatic carbocycles. The molecule has 0 aliphatic rings. The number of hydrogen-bond acceptors (Lipinski definition) is 4. The molecule has 1 aromatic heterocycles. The summed E-state index contributed by atoms with van der Waals surface area (Å²) in [6, 6.07) is 27.0. The summed E-state index contributed by atoms with van der Waals surface area (Å²) in [5, 5.41) is 2.89. The first kappa shape index (κ1) is 21.1. The van der Waals surface area contributed by atoms with Crippen LogP contribution in [0.4, 0.5) is 0 Å². The van der Waals surface area contributed by atoms with Crippen LogP contribution in [0.5, 0.6) is 23.0 Å². The SMILES string of the molecule is CCC(=O)NCc1ccc(-c2cnccc2Oc2ccc(Oc3ccccc3)cc2)cc1. The zero-order chi connectivity index (χ0) is 22.2. The maximum Gasteiger partial charge on any atom is 0.219 e. The van der Waals surface area contributed by atoms with Gasteiger partial charge in [0.25, 0.3) is 0 Å². The van der Waals surface area contributed by atoms with Crippen LogP contribution < -0.4 is 14.8 Å². The van der Waals surface area contributed by atoms with E-state index in [0.717, 1.165) is 28.2 Å². The summed E-state index contributed by atoms with van der Waals surface area (Å²) in [6.07, 6.45) is 3.98. The van der Waals surface area contributed by atoms with Crippen LogP contribution >= 0.6 is 0 Å². The Bertz CT molecular complexity index is 1160. The lowest BCUT2D eigenvalue weighted by Gasteiger charge is -2.12. The monoisotopic (exact) mass is 424 g/mol. The summed E-state index contributed by atoms with van der Waals surface area (Å²) in [5.41, 5.74) is 2.92. The maximum absolute atomic E-state index is 11.5. The minimum Gasteiger partial charge on any atom is -0.457 e. The van der Waals surface area contributed by atoms with Gasteiger partial charge in [0.15, 0.2) is 0 Å². The molecule has 0 fully saturated rings. The summed E-state index contributed by atoms with van der Waals surface area (Å²) in [6.45, 7) is 2.35. The van der Waals surface area contributed by atoms with Crippen LogP contribution in [0.3, 0.4) is 0 Å². The molecule has 1 amide bonds. The highest BCUT2D eigenvalue weighted by atomic mass is 16.5. The smallest absolute Gasteiger partial charge is 0.219 e. The van der Waals surface area contributed by atoms with Gasteiger partial charge in [-0.3, -0.25) is 9.78 Å². The molecule has 5 heteroatoms. The van der Waals surface area contributed by atoms with Gasteiger partial charge < -0.3 is 14.8 Å². The van der Waals surface area contributed by atoms with Gasteiger partial charge in [-0.05, 0) is 53.6 Å². The van der Waals surface area contributed by atoms with Crippen molar-refractivity contribution in [3.63, 3.8) is 0 Å². The average molecular weight is 425 g/mol. The largest absolute Gasteiger partial charge is 0.457 e. The van der Waals surface area contributed by atoms with E-state index in [9.17, 15) is 4.79 Å². The second-order valence-electron chi connectivity index (χ2n) is 7.19. The third-order valence-corrected chi connectivity index (χ3v) is 4.89. The van der Waals surface area contributed by atoms with E-state index in [2.05, 4.69) is 10.3 Å². The van der Waals surface area contributed by atoms with Crippen LogP contribution in [0, 0.1) is 0 Å². The molecule has 32 heavy (non-hydrogen) atoms. The molecule has 4 rings (SSSR count). The number of pyridine rings is 1. The van der Waals surface area contributed by atoms with E-state index in [4.69, 9.17) is 9.47 Å². The van der Waals surface area contributed by atoms with Gasteiger partial charge in [0.2, 0.25) is 5.91 Å². The van der Waals surface area contributed by atoms with Crippen molar-refractivity contribution >= 4 is 5.91 Å². The van der Waals surface area contributed by atoms with Crippen LogP contribution in [0.25, 0.3) is 11.1 Å². The Morgan fingerprint density at radius 2 is 1.47 bits per heavy atom. The lowest BCUT2D eigenvalue weighted by molar-refractivity contribution is -0.120. The molecule has 0 aliphatic carbocycles. The number of amides is 1. The Balaban J connectivity index is 1.46. The molecular formula is C27H24N2O3. The molecule has 0 radical (unpaired) electrons. The number of para-hydroxylation sites is 1. The van der Waals surface area contributed by atoms with E-state index >= 15 is 0 Å². The minimum atomic E-state index is 0.0391. The van der Waals surface area contributed by atoms with Crippen molar-refractivity contribution in [1.82, 2.24) is 10.3 Å². The first-order valence-corrected chi connectivity index (χ1v) is 10.5. The van der Waals surface area contributed by atoms with Gasteiger partial charge in [-0.1, -0.05) is 49.4 Å². The van der Waals surface area contributed by atoms with Crippen LogP contribution in [0.1, 0.15) is 18.9 Å². The molecule has 4 aromatic rings. The van der Waals surface area contributed by atoms with Gasteiger partial charge in [0.05, 0.1) is 0 Å². The van der Waals surface area contributed by atoms with E-state index in [1.807, 2.05) is 91.9 Å². The lowest BCUT2D eigenvalue weighted by atomic mass is 10.0. The Hall–Kier alpha value is -4.12. The normalized spacial score (nSPS) is 10.4. The van der Waals surface area contributed by atoms with Crippen molar-refractivity contribution in [2.45, 2.75) is 19.9 Å². The Labute approximate surface area is 187 Å². The van der Waals surface area contributed by atoms with Gasteiger partial charge in [0, 0.05) is 30.9 Å². The fraction of sp³-hybridized carbons (Fsp3) is 0.111. The fourth-order valence-electron chi connectivity index (χ4n) is 3.14. The second kappa shape index (κ2) is 10.3. The van der Waals surface area contributed by atoms with Crippen LogP contribution in [0.2, 0.25) is 0 Å². The Morgan fingerprint density at radius 3 is 2.16 bits per heavy atom. The van der Waals surface area contributed by atoms with Crippen molar-refractivity contribution in [1.29, 1.82) is 0 Å². The third-order valence-electron chi connectivity index (χ3n) is 4.89. The van der Waals surface area contributed by atoms with Crippen molar-refractivity contribution in [2.75, 3.05) is 0 Å². The summed E-state index contributed by atoms with van der Waals surface area (Å²) < 4.78 is 12.0. The highest BCUT2D eigenvalue weighted by Gasteiger charge is 2.09. The number of carbonyl (C=O) groups is 1. The van der Waals surface area contributed by atoms with E-state index in [0.29, 0.717) is 24.5 Å². The van der Waals surface area contributed by atoms with Crippen molar-refractivity contribution in [3.05, 3.63) is 103 Å². The summed E-state index contributed by atoms with van der Waals surface area (Å²) in [7, 11) is 0. The van der Waals surface area contributed by atoms with Gasteiger partial charge in [-0.15, -0.1) is 0 Å². The summed E-state index contributed by atoms with van der Waals surface area (Å²) in [5.74, 6) is 2.98. The quantitative estimate of drug-likeness (QED) is 0.358. The van der Waals surface area contributed by atoms with E-state index in [1.54, 1.807) is 12.4 Å². The lowest BCUT2D eigenvalue weighted by Crippen LogP contribution is -2.21. The summed E-state index contributed by atoms with van der Waals surface area (Å²) >= 11 is 0. The van der Waals surface area contributed by atoms with E-state index in [1.165, 1.54) is 0 Å². The number of ether oxygens (including phenoxy) is 2. The zero-order valence-corrected chi connectivity index (χ0v) is 17.8. The topological polar surface area (TPSA) is 60.5 Å². The number of carbonyl (C=O) groups excluding carboxylic acids is 1. The number of rotatable bonds is 8. The molecule has 0 bridgehead atoms. The number of benzene rings is 3. The molecule has 1 N–H and O–H groups in total. The molecule has 5 nitrogen and oxygen atoms in total. The molecule has 0 aliphatic heterocycles. The standard InChI is InChI=1S/C27H24N2O3/c1-2-27(30)29-18-20-8-10-21(11-9-20)25-19-28-17-16-26(25)32-24-14-12-23(13-15-24)31-22-6-4-3-5-7-22/h3-17,19H,2,18H2,1H3,(H,29,30). The first-order valence-electron chi connectivity index (χ1n) is 10.5. The fourth-order valence-corrected chi connectivity index (χ4v) is 3.14. The van der Waals surface area contributed by atoms with Crippen molar-refractivity contribution < 1.29 is 14.3 Å². The van der Waals surface area contributed by atoms with Crippen LogP contribution in [0.15, 0.2) is 97.3 Å². The second-order valence-corrected chi connectivity index (χ2v) is 7.19. The van der Waals surface area contributed by atoms with Crippen molar-refractivity contribution in [3.8, 4) is 34.1 Å². The third kappa shape index (κ3) is 5.52. The number of hydrogen-bond donors (Lipinski definition) is 1. The Kier molecular flexibility index (Phi) is 6.78. The maximum atomic E-state index is 11.5. The number of nitrogens with zero attached hydrogens (tertiary/aromatic N) is 1. The molecule has 0 saturated heterocycles. The average Bonchev–Trinajstić information content (AvgIpc) is 2.85. The summed E-state index contributed by atoms with van der Waals surface area (Å²) in [4.78, 5) is 15.7. The minimum absolute atomic E-state index is 0.0391. The van der Waals surface area contributed by atoms with Crippen LogP contribution in [-0.4, -0.2) is 10.9 Å². The van der Waals surface area contributed by atoms with Crippen molar-refractivity contribution in [2.24, 2.45) is 0 Å². The molecule has 0 saturated carbocycles. The molecule has 0 atom stereocenters. The highest BCUT2D eigenvalue weighted by Crippen LogP contribution is 2.33.